The first-order valence-corrected chi connectivity index (χ1v) is 9.50. The number of nitrogens with two attached hydrogens (primary N) is 1. The van der Waals surface area contributed by atoms with Crippen LogP contribution in [-0.2, 0) is 11.2 Å². The van der Waals surface area contributed by atoms with E-state index in [2.05, 4.69) is 11.9 Å². The average Bonchev–Trinajstić information content (AvgIpc) is 3.28. The molecule has 1 aromatic carbocycles. The molecule has 3 rings (SSSR count). The highest BCUT2D eigenvalue weighted by molar-refractivity contribution is 7.13. The van der Waals surface area contributed by atoms with Crippen molar-refractivity contribution >= 4 is 42.1 Å². The number of hydrogen-bond acceptors (Lipinski definition) is 6. The van der Waals surface area contributed by atoms with Crippen LogP contribution in [0.1, 0.15) is 19.0 Å². The van der Waals surface area contributed by atoms with E-state index in [1.54, 1.807) is 14.2 Å². The minimum Gasteiger partial charge on any atom is -0.493 e. The number of rotatable bonds is 6. The van der Waals surface area contributed by atoms with E-state index < -0.39 is 0 Å². The molecule has 1 unspecified atom stereocenters. The molecule has 2 aromatic rings. The summed E-state index contributed by atoms with van der Waals surface area (Å²) in [5, 5.41) is 2.81. The third-order valence-corrected chi connectivity index (χ3v) is 5.86. The van der Waals surface area contributed by atoms with Crippen LogP contribution in [0.25, 0.3) is 10.6 Å². The van der Waals surface area contributed by atoms with Crippen LogP contribution in [0, 0.1) is 5.41 Å². The van der Waals surface area contributed by atoms with Gasteiger partial charge in [-0.25, -0.2) is 4.98 Å². The second-order valence-corrected chi connectivity index (χ2v) is 7.83. The van der Waals surface area contributed by atoms with Crippen molar-refractivity contribution in [1.82, 2.24) is 9.88 Å². The van der Waals surface area contributed by atoms with Crippen molar-refractivity contribution in [3.63, 3.8) is 0 Å². The van der Waals surface area contributed by atoms with Crippen LogP contribution in [-0.4, -0.2) is 49.6 Å². The lowest BCUT2D eigenvalue weighted by Gasteiger charge is -2.22. The summed E-state index contributed by atoms with van der Waals surface area (Å²) in [7, 11) is 3.22. The standard InChI is InChI=1S/C19H25N3O3S.2ClH/c1-19(11-20)6-7-22(12-19)17(23)9-14-10-26-18(21-14)13-4-5-15(24-2)16(8-13)25-3;;/h4-5,8,10H,6-7,9,11-12,20H2,1-3H3;2*1H. The van der Waals surface area contributed by atoms with E-state index in [4.69, 9.17) is 15.2 Å². The van der Waals surface area contributed by atoms with Gasteiger partial charge in [0.15, 0.2) is 11.5 Å². The predicted molar refractivity (Wildman–Crippen MR) is 117 cm³/mol. The minimum absolute atomic E-state index is 0. The van der Waals surface area contributed by atoms with Gasteiger partial charge in [-0.3, -0.25) is 4.79 Å². The van der Waals surface area contributed by atoms with Crippen molar-refractivity contribution in [3.05, 3.63) is 29.3 Å². The van der Waals surface area contributed by atoms with Gasteiger partial charge in [-0.2, -0.15) is 0 Å². The van der Waals surface area contributed by atoms with Gasteiger partial charge in [-0.1, -0.05) is 6.92 Å². The average molecular weight is 448 g/mol. The summed E-state index contributed by atoms with van der Waals surface area (Å²) in [6, 6.07) is 5.70. The normalized spacial score (nSPS) is 18.2. The molecule has 2 heterocycles. The van der Waals surface area contributed by atoms with E-state index >= 15 is 0 Å². The number of methoxy groups -OCH3 is 2. The molecule has 2 N–H and O–H groups in total. The van der Waals surface area contributed by atoms with Crippen LogP contribution < -0.4 is 15.2 Å². The highest BCUT2D eigenvalue weighted by atomic mass is 35.5. The smallest absolute Gasteiger partial charge is 0.228 e. The Kier molecular flexibility index (Phi) is 9.01. The van der Waals surface area contributed by atoms with Crippen LogP contribution in [0.2, 0.25) is 0 Å². The van der Waals surface area contributed by atoms with E-state index in [0.717, 1.165) is 35.8 Å². The lowest BCUT2D eigenvalue weighted by atomic mass is 9.90. The Hall–Kier alpha value is -1.54. The largest absolute Gasteiger partial charge is 0.493 e. The fourth-order valence-electron chi connectivity index (χ4n) is 3.16. The molecule has 0 saturated carbocycles. The summed E-state index contributed by atoms with van der Waals surface area (Å²) >= 11 is 1.53. The third kappa shape index (κ3) is 5.29. The number of benzene rings is 1. The number of carbonyl (C=O) groups is 1. The van der Waals surface area contributed by atoms with E-state index in [9.17, 15) is 4.79 Å². The molecule has 9 heteroatoms. The number of thiazole rings is 1. The maximum atomic E-state index is 12.6. The van der Waals surface area contributed by atoms with E-state index in [1.807, 2.05) is 28.5 Å². The zero-order chi connectivity index (χ0) is 18.7. The molecule has 1 amide bonds. The summed E-state index contributed by atoms with van der Waals surface area (Å²) in [4.78, 5) is 19.1. The van der Waals surface area contributed by atoms with Gasteiger partial charge in [0.1, 0.15) is 5.01 Å². The summed E-state index contributed by atoms with van der Waals surface area (Å²) in [6.07, 6.45) is 1.29. The van der Waals surface area contributed by atoms with Crippen molar-refractivity contribution in [2.45, 2.75) is 19.8 Å². The second-order valence-electron chi connectivity index (χ2n) is 6.97. The molecule has 1 atom stereocenters. The van der Waals surface area contributed by atoms with E-state index in [0.29, 0.717) is 24.5 Å². The number of carbonyl (C=O) groups excluding carboxylic acids is 1. The maximum absolute atomic E-state index is 12.6. The van der Waals surface area contributed by atoms with Crippen molar-refractivity contribution in [3.8, 4) is 22.1 Å². The molecular weight excluding hydrogens is 421 g/mol. The number of likely N-dealkylation sites (tertiary alicyclic amines) is 1. The molecule has 1 aromatic heterocycles. The number of aromatic nitrogens is 1. The first-order valence-electron chi connectivity index (χ1n) is 8.62. The highest BCUT2D eigenvalue weighted by Gasteiger charge is 2.34. The lowest BCUT2D eigenvalue weighted by molar-refractivity contribution is -0.129. The maximum Gasteiger partial charge on any atom is 0.228 e. The number of halogens is 2. The fourth-order valence-corrected chi connectivity index (χ4v) is 3.98. The van der Waals surface area contributed by atoms with E-state index in [-0.39, 0.29) is 36.1 Å². The highest BCUT2D eigenvalue weighted by Crippen LogP contribution is 2.34. The lowest BCUT2D eigenvalue weighted by Crippen LogP contribution is -2.35. The Morgan fingerprint density at radius 2 is 2.00 bits per heavy atom. The van der Waals surface area contributed by atoms with Gasteiger partial charge in [0.2, 0.25) is 5.91 Å². The first kappa shape index (κ1) is 24.5. The number of ether oxygens (including phenoxy) is 2. The molecule has 1 fully saturated rings. The molecule has 156 valence electrons. The van der Waals surface area contributed by atoms with Gasteiger partial charge >= 0.3 is 0 Å². The molecule has 0 aliphatic carbocycles. The zero-order valence-corrected chi connectivity index (χ0v) is 18.7. The van der Waals surface area contributed by atoms with Crippen molar-refractivity contribution in [1.29, 1.82) is 0 Å². The Morgan fingerprint density at radius 3 is 2.61 bits per heavy atom. The van der Waals surface area contributed by atoms with Crippen molar-refractivity contribution in [2.24, 2.45) is 11.1 Å². The molecule has 1 aliphatic rings. The Labute approximate surface area is 182 Å². The number of hydrogen-bond donors (Lipinski definition) is 1. The van der Waals surface area contributed by atoms with Gasteiger partial charge in [0.05, 0.1) is 26.3 Å². The minimum atomic E-state index is 0. The first-order chi connectivity index (χ1) is 12.5. The second kappa shape index (κ2) is 10.3. The van der Waals surface area contributed by atoms with Gasteiger partial charge in [-0.05, 0) is 36.6 Å². The molecule has 0 bridgehead atoms. The van der Waals surface area contributed by atoms with Crippen molar-refractivity contribution < 1.29 is 14.3 Å². The van der Waals surface area contributed by atoms with E-state index in [1.165, 1.54) is 11.3 Å². The summed E-state index contributed by atoms with van der Waals surface area (Å²) in [6.45, 7) is 4.25. The van der Waals surface area contributed by atoms with Crippen LogP contribution in [0.4, 0.5) is 0 Å². The quantitative estimate of drug-likeness (QED) is 0.733. The summed E-state index contributed by atoms with van der Waals surface area (Å²) in [5.74, 6) is 1.46. The molecule has 0 radical (unpaired) electrons. The van der Waals surface area contributed by atoms with Gasteiger partial charge in [-0.15, -0.1) is 36.2 Å². The molecule has 1 aliphatic heterocycles. The molecule has 28 heavy (non-hydrogen) atoms. The third-order valence-electron chi connectivity index (χ3n) is 4.92. The molecule has 6 nitrogen and oxygen atoms in total. The van der Waals surface area contributed by atoms with Gasteiger partial charge in [0.25, 0.3) is 0 Å². The SMILES string of the molecule is COc1ccc(-c2nc(CC(=O)N3CCC(C)(CN)C3)cs2)cc1OC.Cl.Cl. The summed E-state index contributed by atoms with van der Waals surface area (Å²) < 4.78 is 10.6. The van der Waals surface area contributed by atoms with Gasteiger partial charge in [0, 0.05) is 24.0 Å². The fraction of sp³-hybridized carbons (Fsp3) is 0.474. The Bertz CT molecular complexity index is 802. The zero-order valence-electron chi connectivity index (χ0n) is 16.3. The molecule has 1 saturated heterocycles. The predicted octanol–water partition coefficient (Wildman–Crippen LogP) is 3.41. The topological polar surface area (TPSA) is 77.7 Å². The number of amides is 1. The van der Waals surface area contributed by atoms with Crippen molar-refractivity contribution in [2.75, 3.05) is 33.9 Å². The number of nitrogens with zero attached hydrogens (tertiary/aromatic N) is 2. The monoisotopic (exact) mass is 447 g/mol. The van der Waals surface area contributed by atoms with Crippen LogP contribution in [0.15, 0.2) is 23.6 Å². The molecular formula is C19H27Cl2N3O3S. The van der Waals surface area contributed by atoms with Crippen LogP contribution in [0.5, 0.6) is 11.5 Å². The Morgan fingerprint density at radius 1 is 1.29 bits per heavy atom. The van der Waals surface area contributed by atoms with Crippen LogP contribution >= 0.6 is 36.2 Å². The van der Waals surface area contributed by atoms with Gasteiger partial charge < -0.3 is 20.1 Å². The molecule has 0 spiro atoms. The summed E-state index contributed by atoms with van der Waals surface area (Å²) in [5.41, 5.74) is 7.62. The Balaban J connectivity index is 0.00000196. The van der Waals surface area contributed by atoms with Crippen LogP contribution in [0.3, 0.4) is 0 Å².